The largest absolute Gasteiger partial charge is 0.493 e. The summed E-state index contributed by atoms with van der Waals surface area (Å²) in [7, 11) is 5.97. The number of hydrogen-bond acceptors (Lipinski definition) is 11. The molecule has 0 spiro atoms. The maximum atomic E-state index is 12.6. The monoisotopic (exact) mass is 936 g/mol. The van der Waals surface area contributed by atoms with Gasteiger partial charge in [0.2, 0.25) is 0 Å². The second-order valence-corrected chi connectivity index (χ2v) is 15.6. The van der Waals surface area contributed by atoms with Gasteiger partial charge >= 0.3 is 0 Å². The van der Waals surface area contributed by atoms with Crippen LogP contribution in [0.25, 0.3) is 33.9 Å². The molecule has 1 aliphatic heterocycles. The van der Waals surface area contributed by atoms with Crippen LogP contribution in [-0.2, 0) is 5.79 Å². The Hall–Kier alpha value is -6.97. The fourth-order valence-electron chi connectivity index (χ4n) is 7.48. The lowest BCUT2D eigenvalue weighted by molar-refractivity contribution is -0.385. The zero-order valence-electron chi connectivity index (χ0n) is 34.0. The number of non-ortho nitro benzene ring substituents is 2. The number of nitrogens with zero attached hydrogens (tertiary/aromatic N) is 6. The Kier molecular flexibility index (Phi) is 12.0. The molecular formula is C46H32Cl4N6O8. The van der Waals surface area contributed by atoms with Gasteiger partial charge in [-0.15, -0.1) is 0 Å². The molecule has 1 unspecified atom stereocenters. The number of nitro benzene ring substituents is 2. The van der Waals surface area contributed by atoms with Gasteiger partial charge in [-0.05, 0) is 60.7 Å². The lowest BCUT2D eigenvalue weighted by atomic mass is 9.99. The van der Waals surface area contributed by atoms with Crippen LogP contribution in [0.3, 0.4) is 0 Å². The van der Waals surface area contributed by atoms with Gasteiger partial charge in [0.25, 0.3) is 17.2 Å². The zero-order valence-corrected chi connectivity index (χ0v) is 37.0. The zero-order chi connectivity index (χ0) is 45.4. The van der Waals surface area contributed by atoms with E-state index in [-0.39, 0.29) is 66.2 Å². The first-order valence-electron chi connectivity index (χ1n) is 19.0. The molecule has 14 nitrogen and oxygen atoms in total. The normalized spacial score (nSPS) is 14.4. The van der Waals surface area contributed by atoms with Crippen molar-refractivity contribution in [2.24, 2.45) is 9.98 Å². The topological polar surface area (TPSA) is 166 Å². The minimum Gasteiger partial charge on any atom is -0.493 e. The van der Waals surface area contributed by atoms with Gasteiger partial charge in [-0.25, -0.2) is 15.0 Å². The van der Waals surface area contributed by atoms with Gasteiger partial charge in [-0.3, -0.25) is 24.8 Å². The summed E-state index contributed by atoms with van der Waals surface area (Å²) in [5.41, 5.74) is 2.12. The molecule has 0 saturated carbocycles. The minimum absolute atomic E-state index is 0.00716. The summed E-state index contributed by atoms with van der Waals surface area (Å²) in [5.74, 6) is -0.686. The molecule has 322 valence electrons. The molecule has 0 N–H and O–H groups in total. The summed E-state index contributed by atoms with van der Waals surface area (Å²) in [6, 6.07) is 31.9. The van der Waals surface area contributed by atoms with Crippen molar-refractivity contribution in [1.29, 1.82) is 0 Å². The molecule has 1 aromatic heterocycles. The third-order valence-corrected chi connectivity index (χ3v) is 11.8. The van der Waals surface area contributed by atoms with Gasteiger partial charge in [-0.1, -0.05) is 82.8 Å². The molecule has 7 aromatic rings. The summed E-state index contributed by atoms with van der Waals surface area (Å²) in [4.78, 5) is 40.1. The van der Waals surface area contributed by atoms with Crippen LogP contribution in [0, 0.1) is 20.2 Å². The van der Waals surface area contributed by atoms with Crippen molar-refractivity contribution >= 4 is 69.2 Å². The van der Waals surface area contributed by atoms with E-state index in [2.05, 4.69) is 0 Å². The van der Waals surface area contributed by atoms with E-state index in [4.69, 9.17) is 80.3 Å². The number of benzene rings is 6. The molecule has 18 heteroatoms. The highest BCUT2D eigenvalue weighted by Crippen LogP contribution is 2.51. The first-order valence-corrected chi connectivity index (χ1v) is 20.5. The van der Waals surface area contributed by atoms with Gasteiger partial charge in [0, 0.05) is 62.7 Å². The summed E-state index contributed by atoms with van der Waals surface area (Å²) in [6.45, 7) is 0. The number of nitro groups is 2. The number of aliphatic imine (C=N–C) groups is 2. The summed E-state index contributed by atoms with van der Waals surface area (Å²) < 4.78 is 24.2. The maximum absolute atomic E-state index is 12.6. The van der Waals surface area contributed by atoms with E-state index in [9.17, 15) is 20.2 Å². The van der Waals surface area contributed by atoms with Crippen LogP contribution in [0.15, 0.2) is 131 Å². The first-order chi connectivity index (χ1) is 30.8. The van der Waals surface area contributed by atoms with Crippen molar-refractivity contribution in [3.8, 4) is 56.9 Å². The average molecular weight is 939 g/mol. The fraction of sp³-hybridized carbons (Fsp3) is 0.109. The van der Waals surface area contributed by atoms with E-state index in [1.165, 1.54) is 64.8 Å². The number of ether oxygens (including phenoxy) is 4. The van der Waals surface area contributed by atoms with Crippen LogP contribution in [0.5, 0.6) is 23.0 Å². The van der Waals surface area contributed by atoms with Crippen molar-refractivity contribution in [1.82, 2.24) is 9.55 Å². The van der Waals surface area contributed by atoms with Crippen molar-refractivity contribution in [2.45, 2.75) is 5.79 Å². The Morgan fingerprint density at radius 3 is 1.61 bits per heavy atom. The summed E-state index contributed by atoms with van der Waals surface area (Å²) in [5, 5.41) is 25.7. The molecule has 2 heterocycles. The van der Waals surface area contributed by atoms with E-state index >= 15 is 0 Å². The molecule has 1 aliphatic rings. The highest BCUT2D eigenvalue weighted by atomic mass is 35.5. The van der Waals surface area contributed by atoms with Crippen molar-refractivity contribution in [2.75, 3.05) is 28.4 Å². The van der Waals surface area contributed by atoms with Crippen LogP contribution in [0.4, 0.5) is 11.4 Å². The quantitative estimate of drug-likeness (QED) is 0.0807. The lowest BCUT2D eigenvalue weighted by Gasteiger charge is -2.30. The Morgan fingerprint density at radius 2 is 1.03 bits per heavy atom. The molecule has 0 fully saturated rings. The van der Waals surface area contributed by atoms with Crippen LogP contribution >= 0.6 is 46.4 Å². The second kappa shape index (κ2) is 17.7. The lowest BCUT2D eigenvalue weighted by Crippen LogP contribution is -2.32. The number of halogens is 4. The molecule has 0 aliphatic carbocycles. The van der Waals surface area contributed by atoms with E-state index in [0.717, 1.165) is 0 Å². The predicted molar refractivity (Wildman–Crippen MR) is 248 cm³/mol. The van der Waals surface area contributed by atoms with Crippen molar-refractivity contribution < 1.29 is 28.8 Å². The van der Waals surface area contributed by atoms with Crippen LogP contribution in [0.1, 0.15) is 16.7 Å². The van der Waals surface area contributed by atoms with Crippen LogP contribution in [-0.4, -0.2) is 59.3 Å². The Morgan fingerprint density at radius 1 is 0.531 bits per heavy atom. The SMILES string of the molecule is COc1ccc(C2=NC(c3cc([N+](=O)[O-])ccc3Cl)(n3c(-c4cc([N+](=O)[O-])ccc4Cl)nc(-c4ccc(OC)c(OC)c4)c3-c3ccccc3Cl)N=C2c2ccccc2Cl)cc1OC. The molecule has 0 amide bonds. The van der Waals surface area contributed by atoms with Crippen molar-refractivity contribution in [3.05, 3.63) is 178 Å². The van der Waals surface area contributed by atoms with Crippen LogP contribution in [0.2, 0.25) is 20.1 Å². The van der Waals surface area contributed by atoms with E-state index < -0.39 is 15.6 Å². The van der Waals surface area contributed by atoms with Gasteiger partial charge < -0.3 is 18.9 Å². The fourth-order valence-corrected chi connectivity index (χ4v) is 8.38. The standard InChI is InChI=1S/C46H32Cl4N6O8/c1-61-37-19-13-25(21-39(37)63-3)41-43(29-9-5-7-11-33(29)47)53-46(52-41,32-24-28(56(59)60)16-18-36(32)50)54-44(30-10-6-8-12-34(30)48)42(26-14-20-38(62-2)40(22-26)64-4)51-45(54)31-23-27(55(57)58)15-17-35(31)49/h5-24H,1-4H3. The number of methoxy groups -OCH3 is 4. The van der Waals surface area contributed by atoms with Gasteiger partial charge in [0.15, 0.2) is 23.0 Å². The third-order valence-electron chi connectivity index (χ3n) is 10.4. The smallest absolute Gasteiger partial charge is 0.270 e. The number of imidazole rings is 1. The minimum atomic E-state index is -2.21. The average Bonchev–Trinajstić information content (AvgIpc) is 3.90. The Bertz CT molecular complexity index is 3100. The molecule has 8 rings (SSSR count). The van der Waals surface area contributed by atoms with E-state index in [1.807, 2.05) is 0 Å². The van der Waals surface area contributed by atoms with Gasteiger partial charge in [0.1, 0.15) is 5.82 Å². The Labute approximate surface area is 385 Å². The number of aromatic nitrogens is 2. The van der Waals surface area contributed by atoms with Gasteiger partial charge in [-0.2, -0.15) is 0 Å². The highest BCUT2D eigenvalue weighted by molar-refractivity contribution is 6.56. The van der Waals surface area contributed by atoms with Crippen molar-refractivity contribution in [3.63, 3.8) is 0 Å². The molecule has 0 radical (unpaired) electrons. The summed E-state index contributed by atoms with van der Waals surface area (Å²) in [6.07, 6.45) is 0. The number of hydrogen-bond donors (Lipinski definition) is 0. The number of rotatable bonds is 13. The van der Waals surface area contributed by atoms with E-state index in [0.29, 0.717) is 50.3 Å². The molecule has 1 atom stereocenters. The Balaban J connectivity index is 1.65. The molecule has 0 saturated heterocycles. The molecular weight excluding hydrogens is 906 g/mol. The van der Waals surface area contributed by atoms with Gasteiger partial charge in [0.05, 0.1) is 76.2 Å². The van der Waals surface area contributed by atoms with E-state index in [1.54, 1.807) is 89.5 Å². The predicted octanol–water partition coefficient (Wildman–Crippen LogP) is 12.0. The highest BCUT2D eigenvalue weighted by Gasteiger charge is 2.48. The summed E-state index contributed by atoms with van der Waals surface area (Å²) >= 11 is 28.4. The molecule has 6 aromatic carbocycles. The molecule has 0 bridgehead atoms. The second-order valence-electron chi connectivity index (χ2n) is 14.0. The third kappa shape index (κ3) is 7.64. The molecule has 64 heavy (non-hydrogen) atoms. The maximum Gasteiger partial charge on any atom is 0.270 e. The van der Waals surface area contributed by atoms with Crippen LogP contribution < -0.4 is 18.9 Å². The first kappa shape index (κ1) is 43.7.